The molecule has 3 rings (SSSR count). The van der Waals surface area contributed by atoms with Crippen LogP contribution in [0.3, 0.4) is 0 Å². The Labute approximate surface area is 115 Å². The maximum Gasteiger partial charge on any atom is 0.0243 e. The first-order valence-corrected chi connectivity index (χ1v) is 6.81. The second kappa shape index (κ2) is 5.41. The van der Waals surface area contributed by atoms with Gasteiger partial charge >= 0.3 is 0 Å². The lowest BCUT2D eigenvalue weighted by atomic mass is 10.0. The van der Waals surface area contributed by atoms with Crippen molar-refractivity contribution >= 4 is 0 Å². The van der Waals surface area contributed by atoms with Crippen LogP contribution in [0.4, 0.5) is 0 Å². The molecule has 0 aromatic heterocycles. The van der Waals surface area contributed by atoms with Crippen LogP contribution in [0.1, 0.15) is 16.7 Å². The van der Waals surface area contributed by atoms with Crippen LogP contribution >= 0.6 is 0 Å². The van der Waals surface area contributed by atoms with Gasteiger partial charge in [0.25, 0.3) is 0 Å². The summed E-state index contributed by atoms with van der Waals surface area (Å²) in [6.07, 6.45) is 1.02. The van der Waals surface area contributed by atoms with Gasteiger partial charge in [-0.2, -0.15) is 0 Å². The van der Waals surface area contributed by atoms with E-state index in [9.17, 15) is 0 Å². The van der Waals surface area contributed by atoms with Gasteiger partial charge in [0.05, 0.1) is 0 Å². The van der Waals surface area contributed by atoms with E-state index in [1.165, 1.54) is 22.3 Å². The molecule has 0 spiro atoms. The number of hydrogen-bond donors (Lipinski definition) is 0. The third-order valence-corrected chi connectivity index (χ3v) is 3.65. The highest BCUT2D eigenvalue weighted by atomic mass is 15.1. The lowest BCUT2D eigenvalue weighted by Gasteiger charge is -2.21. The average Bonchev–Trinajstić information content (AvgIpc) is 2.57. The van der Waals surface area contributed by atoms with E-state index in [0.717, 1.165) is 26.1 Å². The molecule has 0 radical (unpaired) electrons. The Morgan fingerprint density at radius 2 is 1.53 bits per heavy atom. The summed E-state index contributed by atoms with van der Waals surface area (Å²) in [5.41, 5.74) is 5.55. The minimum absolute atomic E-state index is 0.990. The lowest BCUT2D eigenvalue weighted by Crippen LogP contribution is -2.23. The van der Waals surface area contributed by atoms with Crippen LogP contribution in [0.15, 0.2) is 66.7 Å². The van der Waals surface area contributed by atoms with Gasteiger partial charge < -0.3 is 0 Å². The van der Waals surface area contributed by atoms with E-state index in [-0.39, 0.29) is 0 Å². The number of fused-ring (bicyclic) bond motifs is 1. The molecule has 0 saturated carbocycles. The van der Waals surface area contributed by atoms with Crippen LogP contribution in [-0.2, 0) is 19.5 Å². The van der Waals surface area contributed by atoms with Gasteiger partial charge in [-0.25, -0.2) is 0 Å². The molecular formula is C18H19N. The highest BCUT2D eigenvalue weighted by Crippen LogP contribution is 2.21. The van der Waals surface area contributed by atoms with Crippen molar-refractivity contribution in [3.63, 3.8) is 0 Å². The summed E-state index contributed by atoms with van der Waals surface area (Å²) in [5, 5.41) is 0. The molecule has 0 N–H and O–H groups in total. The molecule has 2 aromatic carbocycles. The normalized spacial score (nSPS) is 15.9. The van der Waals surface area contributed by atoms with Crippen molar-refractivity contribution in [2.75, 3.05) is 6.54 Å². The maximum atomic E-state index is 4.22. The molecule has 19 heavy (non-hydrogen) atoms. The van der Waals surface area contributed by atoms with Crippen LogP contribution in [0.5, 0.6) is 0 Å². The lowest BCUT2D eigenvalue weighted by molar-refractivity contribution is 0.283. The third-order valence-electron chi connectivity index (χ3n) is 3.65. The number of hydrogen-bond acceptors (Lipinski definition) is 1. The fourth-order valence-electron chi connectivity index (χ4n) is 2.78. The molecule has 0 atom stereocenters. The van der Waals surface area contributed by atoms with E-state index in [1.54, 1.807) is 0 Å². The van der Waals surface area contributed by atoms with Crippen LogP contribution in [0.2, 0.25) is 0 Å². The van der Waals surface area contributed by atoms with Crippen molar-refractivity contribution in [1.82, 2.24) is 4.90 Å². The van der Waals surface area contributed by atoms with Crippen molar-refractivity contribution in [2.45, 2.75) is 19.5 Å². The molecule has 0 fully saturated rings. The standard InChI is InChI=1S/C18H19N/c1-15-11-17-9-5-6-10-18(17)14-19(12-15)13-16-7-3-2-4-8-16/h2-10H,1,11-14H2. The van der Waals surface area contributed by atoms with Gasteiger partial charge in [-0.15, -0.1) is 0 Å². The zero-order valence-corrected chi connectivity index (χ0v) is 11.2. The summed E-state index contributed by atoms with van der Waals surface area (Å²) in [6.45, 7) is 7.23. The number of benzene rings is 2. The molecule has 0 unspecified atom stereocenters. The molecule has 1 heteroatoms. The molecule has 0 saturated heterocycles. The van der Waals surface area contributed by atoms with Crippen molar-refractivity contribution in [1.29, 1.82) is 0 Å². The van der Waals surface area contributed by atoms with E-state index in [1.807, 2.05) is 0 Å². The molecule has 0 amide bonds. The Hall–Kier alpha value is -1.86. The fourth-order valence-corrected chi connectivity index (χ4v) is 2.78. The summed E-state index contributed by atoms with van der Waals surface area (Å²) in [6, 6.07) is 19.4. The van der Waals surface area contributed by atoms with Crippen LogP contribution in [0.25, 0.3) is 0 Å². The SMILES string of the molecule is C=C1Cc2ccccc2CN(Cc2ccccc2)C1. The Bertz CT molecular complexity index is 571. The van der Waals surface area contributed by atoms with Gasteiger partial charge in [0.1, 0.15) is 0 Å². The zero-order valence-electron chi connectivity index (χ0n) is 11.2. The molecule has 1 heterocycles. The van der Waals surface area contributed by atoms with E-state index in [2.05, 4.69) is 66.1 Å². The van der Waals surface area contributed by atoms with Crippen LogP contribution < -0.4 is 0 Å². The first kappa shape index (κ1) is 12.2. The van der Waals surface area contributed by atoms with Gasteiger partial charge in [-0.1, -0.05) is 66.7 Å². The fraction of sp³-hybridized carbons (Fsp3) is 0.222. The minimum Gasteiger partial charge on any atom is -0.291 e. The Morgan fingerprint density at radius 3 is 2.32 bits per heavy atom. The maximum absolute atomic E-state index is 4.22. The molecular weight excluding hydrogens is 230 g/mol. The summed E-state index contributed by atoms with van der Waals surface area (Å²) < 4.78 is 0. The Kier molecular flexibility index (Phi) is 3.47. The molecule has 0 aliphatic carbocycles. The summed E-state index contributed by atoms with van der Waals surface area (Å²) in [5.74, 6) is 0. The van der Waals surface area contributed by atoms with Gasteiger partial charge in [-0.05, 0) is 23.1 Å². The van der Waals surface area contributed by atoms with E-state index >= 15 is 0 Å². The first-order chi connectivity index (χ1) is 9.31. The van der Waals surface area contributed by atoms with Gasteiger partial charge in [0.2, 0.25) is 0 Å². The number of nitrogens with zero attached hydrogens (tertiary/aromatic N) is 1. The predicted octanol–water partition coefficient (Wildman–Crippen LogP) is 3.80. The molecule has 1 aliphatic heterocycles. The van der Waals surface area contributed by atoms with Crippen molar-refractivity contribution < 1.29 is 0 Å². The highest BCUT2D eigenvalue weighted by Gasteiger charge is 2.15. The second-order valence-corrected chi connectivity index (χ2v) is 5.33. The molecule has 1 nitrogen and oxygen atoms in total. The van der Waals surface area contributed by atoms with Crippen LogP contribution in [0, 0.1) is 0 Å². The molecule has 2 aromatic rings. The topological polar surface area (TPSA) is 3.24 Å². The summed E-state index contributed by atoms with van der Waals surface area (Å²) >= 11 is 0. The molecule has 1 aliphatic rings. The third kappa shape index (κ3) is 2.94. The Balaban J connectivity index is 1.82. The van der Waals surface area contributed by atoms with Crippen LogP contribution in [-0.4, -0.2) is 11.4 Å². The van der Waals surface area contributed by atoms with Crippen molar-refractivity contribution in [3.8, 4) is 0 Å². The number of rotatable bonds is 2. The summed E-state index contributed by atoms with van der Waals surface area (Å²) in [7, 11) is 0. The van der Waals surface area contributed by atoms with E-state index < -0.39 is 0 Å². The van der Waals surface area contributed by atoms with Crippen molar-refractivity contribution in [3.05, 3.63) is 83.4 Å². The first-order valence-electron chi connectivity index (χ1n) is 6.81. The predicted molar refractivity (Wildman–Crippen MR) is 79.8 cm³/mol. The smallest absolute Gasteiger partial charge is 0.0243 e. The van der Waals surface area contributed by atoms with Gasteiger partial charge in [-0.3, -0.25) is 4.90 Å². The average molecular weight is 249 g/mol. The highest BCUT2D eigenvalue weighted by molar-refractivity contribution is 5.32. The summed E-state index contributed by atoms with van der Waals surface area (Å²) in [4.78, 5) is 2.48. The largest absolute Gasteiger partial charge is 0.291 e. The van der Waals surface area contributed by atoms with Crippen molar-refractivity contribution in [2.24, 2.45) is 0 Å². The quantitative estimate of drug-likeness (QED) is 0.732. The zero-order chi connectivity index (χ0) is 13.1. The molecule has 0 bridgehead atoms. The molecule has 96 valence electrons. The van der Waals surface area contributed by atoms with Gasteiger partial charge in [0, 0.05) is 19.6 Å². The Morgan fingerprint density at radius 1 is 0.842 bits per heavy atom. The monoisotopic (exact) mass is 249 g/mol. The van der Waals surface area contributed by atoms with E-state index in [0.29, 0.717) is 0 Å². The minimum atomic E-state index is 0.990. The van der Waals surface area contributed by atoms with Gasteiger partial charge in [0.15, 0.2) is 0 Å². The second-order valence-electron chi connectivity index (χ2n) is 5.33. The van der Waals surface area contributed by atoms with E-state index in [4.69, 9.17) is 0 Å².